The highest BCUT2D eigenvalue weighted by molar-refractivity contribution is 5.98. The molecular weight excluding hydrogens is 451 g/mol. The van der Waals surface area contributed by atoms with E-state index in [1.807, 2.05) is 18.2 Å². The summed E-state index contributed by atoms with van der Waals surface area (Å²) >= 11 is 0. The Kier molecular flexibility index (Phi) is 6.61. The Morgan fingerprint density at radius 3 is 2.29 bits per heavy atom. The molecule has 7 heteroatoms. The SMILES string of the molecule is CC(C)(C)Cc1cccnc1[C@@H](NC(=O)c1ccc2ncccc2c1)c1ccc(C(F)(F)F)cc1. The third-order valence-electron chi connectivity index (χ3n) is 5.63. The van der Waals surface area contributed by atoms with Gasteiger partial charge in [-0.15, -0.1) is 0 Å². The Labute approximate surface area is 202 Å². The lowest BCUT2D eigenvalue weighted by molar-refractivity contribution is -0.137. The van der Waals surface area contributed by atoms with Crippen LogP contribution < -0.4 is 5.32 Å². The predicted molar refractivity (Wildman–Crippen MR) is 130 cm³/mol. The lowest BCUT2D eigenvalue weighted by Gasteiger charge is -2.25. The summed E-state index contributed by atoms with van der Waals surface area (Å²) in [7, 11) is 0. The summed E-state index contributed by atoms with van der Waals surface area (Å²) < 4.78 is 39.5. The van der Waals surface area contributed by atoms with Gasteiger partial charge in [0.05, 0.1) is 22.8 Å². The van der Waals surface area contributed by atoms with E-state index in [1.165, 1.54) is 12.1 Å². The van der Waals surface area contributed by atoms with Crippen molar-refractivity contribution in [3.8, 4) is 0 Å². The normalized spacial score (nSPS) is 13.0. The molecule has 2 aromatic carbocycles. The van der Waals surface area contributed by atoms with Crippen LogP contribution in [0.2, 0.25) is 0 Å². The van der Waals surface area contributed by atoms with Crippen LogP contribution in [0.4, 0.5) is 13.2 Å². The van der Waals surface area contributed by atoms with Crippen molar-refractivity contribution in [1.82, 2.24) is 15.3 Å². The maximum absolute atomic E-state index is 13.3. The number of pyridine rings is 2. The fourth-order valence-electron chi connectivity index (χ4n) is 4.04. The van der Waals surface area contributed by atoms with Crippen molar-refractivity contribution in [2.24, 2.45) is 5.41 Å². The van der Waals surface area contributed by atoms with Crippen LogP contribution in [0, 0.1) is 5.41 Å². The molecule has 0 spiro atoms. The highest BCUT2D eigenvalue weighted by Crippen LogP contribution is 2.33. The summed E-state index contributed by atoms with van der Waals surface area (Å²) in [5.74, 6) is -0.354. The van der Waals surface area contributed by atoms with E-state index in [0.29, 0.717) is 23.2 Å². The lowest BCUT2D eigenvalue weighted by Crippen LogP contribution is -2.31. The van der Waals surface area contributed by atoms with Gasteiger partial charge in [-0.1, -0.05) is 45.0 Å². The topological polar surface area (TPSA) is 54.9 Å². The minimum absolute atomic E-state index is 0.0577. The number of fused-ring (bicyclic) bond motifs is 1. The number of amides is 1. The smallest absolute Gasteiger partial charge is 0.340 e. The number of alkyl halides is 3. The number of carbonyl (C=O) groups is 1. The third-order valence-corrected chi connectivity index (χ3v) is 5.63. The van der Waals surface area contributed by atoms with Crippen LogP contribution >= 0.6 is 0 Å². The largest absolute Gasteiger partial charge is 0.416 e. The van der Waals surface area contributed by atoms with Crippen molar-refractivity contribution in [3.05, 3.63) is 107 Å². The monoisotopic (exact) mass is 477 g/mol. The van der Waals surface area contributed by atoms with Crippen LogP contribution in [0.25, 0.3) is 10.9 Å². The number of halogens is 3. The Bertz CT molecular complexity index is 1340. The van der Waals surface area contributed by atoms with Gasteiger partial charge in [0, 0.05) is 23.3 Å². The standard InChI is InChI=1S/C28H26F3N3O/c1-27(2,3)17-21-7-5-15-33-24(21)25(18-8-11-22(12-9-18)28(29,30)31)34-26(35)20-10-13-23-19(16-20)6-4-14-32-23/h4-16,25H,17H2,1-3H3,(H,34,35)/t25-/m0/s1. The number of nitrogens with one attached hydrogen (secondary N) is 1. The third kappa shape index (κ3) is 5.85. The van der Waals surface area contributed by atoms with Gasteiger partial charge in [0.1, 0.15) is 0 Å². The van der Waals surface area contributed by atoms with E-state index in [9.17, 15) is 18.0 Å². The zero-order valence-corrected chi connectivity index (χ0v) is 19.7. The molecule has 0 unspecified atom stereocenters. The second kappa shape index (κ2) is 9.49. The second-order valence-electron chi connectivity index (χ2n) is 9.72. The zero-order chi connectivity index (χ0) is 25.2. The molecule has 4 nitrogen and oxygen atoms in total. The van der Waals surface area contributed by atoms with Gasteiger partial charge in [-0.3, -0.25) is 14.8 Å². The molecule has 0 aliphatic carbocycles. The van der Waals surface area contributed by atoms with E-state index >= 15 is 0 Å². The summed E-state index contributed by atoms with van der Waals surface area (Å²) in [5, 5.41) is 3.83. The number of aromatic nitrogens is 2. The molecule has 0 aliphatic heterocycles. The first kappa shape index (κ1) is 24.4. The van der Waals surface area contributed by atoms with Gasteiger partial charge in [-0.2, -0.15) is 13.2 Å². The van der Waals surface area contributed by atoms with Gasteiger partial charge in [0.2, 0.25) is 0 Å². The second-order valence-corrected chi connectivity index (χ2v) is 9.72. The van der Waals surface area contributed by atoms with Gasteiger partial charge in [0.15, 0.2) is 0 Å². The predicted octanol–water partition coefficient (Wildman–Crippen LogP) is 6.76. The van der Waals surface area contributed by atoms with E-state index in [2.05, 4.69) is 36.1 Å². The first-order valence-corrected chi connectivity index (χ1v) is 11.3. The molecule has 0 aliphatic rings. The average molecular weight is 478 g/mol. The summed E-state index contributed by atoms with van der Waals surface area (Å²) in [5.41, 5.74) is 2.44. The fourth-order valence-corrected chi connectivity index (χ4v) is 4.04. The number of benzene rings is 2. The number of nitrogens with zero attached hydrogens (tertiary/aromatic N) is 2. The van der Waals surface area contributed by atoms with E-state index in [4.69, 9.17) is 0 Å². The summed E-state index contributed by atoms with van der Waals surface area (Å²) in [6.45, 7) is 6.29. The van der Waals surface area contributed by atoms with Crippen molar-refractivity contribution in [3.63, 3.8) is 0 Å². The molecule has 1 atom stereocenters. The van der Waals surface area contributed by atoms with Crippen LogP contribution in [0.15, 0.2) is 79.1 Å². The average Bonchev–Trinajstić information content (AvgIpc) is 2.81. The minimum atomic E-state index is -4.45. The first-order valence-electron chi connectivity index (χ1n) is 11.3. The fraction of sp³-hybridized carbons (Fsp3) is 0.250. The highest BCUT2D eigenvalue weighted by Gasteiger charge is 2.31. The molecule has 1 amide bonds. The van der Waals surface area contributed by atoms with Gasteiger partial charge >= 0.3 is 6.18 Å². The quantitative estimate of drug-likeness (QED) is 0.346. The van der Waals surface area contributed by atoms with E-state index in [-0.39, 0.29) is 11.3 Å². The van der Waals surface area contributed by atoms with Crippen LogP contribution in [0.5, 0.6) is 0 Å². The molecule has 0 bridgehead atoms. The maximum Gasteiger partial charge on any atom is 0.416 e. The summed E-state index contributed by atoms with van der Waals surface area (Å²) in [4.78, 5) is 22.2. The van der Waals surface area contributed by atoms with Crippen LogP contribution in [-0.4, -0.2) is 15.9 Å². The molecule has 2 heterocycles. The molecule has 0 fully saturated rings. The molecule has 4 aromatic rings. The summed E-state index contributed by atoms with van der Waals surface area (Å²) in [6.07, 6.45) is -0.448. The number of hydrogen-bond acceptors (Lipinski definition) is 3. The van der Waals surface area contributed by atoms with Crippen molar-refractivity contribution < 1.29 is 18.0 Å². The Morgan fingerprint density at radius 2 is 1.60 bits per heavy atom. The van der Waals surface area contributed by atoms with Gasteiger partial charge in [-0.25, -0.2) is 0 Å². The van der Waals surface area contributed by atoms with E-state index in [1.54, 1.807) is 36.7 Å². The molecule has 180 valence electrons. The molecular formula is C28H26F3N3O. The molecule has 0 radical (unpaired) electrons. The zero-order valence-electron chi connectivity index (χ0n) is 19.7. The highest BCUT2D eigenvalue weighted by atomic mass is 19.4. The molecule has 2 aromatic heterocycles. The van der Waals surface area contributed by atoms with Crippen molar-refractivity contribution in [2.75, 3.05) is 0 Å². The van der Waals surface area contributed by atoms with Gasteiger partial charge in [-0.05, 0) is 65.4 Å². The number of carbonyl (C=O) groups excluding carboxylic acids is 1. The Balaban J connectivity index is 1.75. The van der Waals surface area contributed by atoms with Crippen molar-refractivity contribution >= 4 is 16.8 Å². The summed E-state index contributed by atoms with van der Waals surface area (Å²) in [6, 6.07) is 16.8. The molecule has 1 N–H and O–H groups in total. The maximum atomic E-state index is 13.3. The minimum Gasteiger partial charge on any atom is -0.340 e. The van der Waals surface area contributed by atoms with Gasteiger partial charge in [0.25, 0.3) is 5.91 Å². The molecule has 35 heavy (non-hydrogen) atoms. The Morgan fingerprint density at radius 1 is 0.914 bits per heavy atom. The van der Waals surface area contributed by atoms with Crippen molar-refractivity contribution in [1.29, 1.82) is 0 Å². The van der Waals surface area contributed by atoms with Gasteiger partial charge < -0.3 is 5.32 Å². The number of hydrogen-bond donors (Lipinski definition) is 1. The van der Waals surface area contributed by atoms with Crippen molar-refractivity contribution in [2.45, 2.75) is 39.4 Å². The molecule has 4 rings (SSSR count). The van der Waals surface area contributed by atoms with E-state index < -0.39 is 17.8 Å². The van der Waals surface area contributed by atoms with Crippen LogP contribution in [0.3, 0.4) is 0 Å². The first-order chi connectivity index (χ1) is 16.5. The molecule has 0 saturated heterocycles. The molecule has 0 saturated carbocycles. The van der Waals surface area contributed by atoms with Crippen LogP contribution in [-0.2, 0) is 12.6 Å². The van der Waals surface area contributed by atoms with Crippen LogP contribution in [0.1, 0.15) is 59.6 Å². The number of rotatable bonds is 5. The van der Waals surface area contributed by atoms with E-state index in [0.717, 1.165) is 28.6 Å². The Hall–Kier alpha value is -3.74. The lowest BCUT2D eigenvalue weighted by atomic mass is 9.85.